The molecule has 2 atom stereocenters. The van der Waals surface area contributed by atoms with Crippen molar-refractivity contribution in [2.45, 2.75) is 44.4 Å². The molecule has 0 amide bonds. The van der Waals surface area contributed by atoms with Gasteiger partial charge in [-0.3, -0.25) is 0 Å². The number of allylic oxidation sites excluding steroid dienone is 5. The summed E-state index contributed by atoms with van der Waals surface area (Å²) in [5, 5.41) is 0. The maximum absolute atomic E-state index is 13.5. The van der Waals surface area contributed by atoms with E-state index < -0.39 is 25.8 Å². The van der Waals surface area contributed by atoms with E-state index in [0.717, 1.165) is 5.56 Å². The number of benzene rings is 2. The SMILES string of the molecule is CC1=C(C)C(C)[C]([Zr+2]([CH]2C=C(c3ccc(F)cc3)c3ccccc32)=[Si](C)C)=C1C.[Cl-].[Cl-]. The quantitative estimate of drug-likeness (QED) is 0.508. The van der Waals surface area contributed by atoms with Crippen LogP contribution in [0.15, 0.2) is 74.6 Å². The fraction of sp³-hybridized carbons (Fsp3) is 0.308. The third kappa shape index (κ3) is 4.67. The number of fused-ring (bicyclic) bond motifs is 1. The predicted molar refractivity (Wildman–Crippen MR) is 120 cm³/mol. The van der Waals surface area contributed by atoms with E-state index in [-0.39, 0.29) is 30.6 Å². The van der Waals surface area contributed by atoms with Crippen LogP contribution in [-0.4, -0.2) is 5.43 Å². The van der Waals surface area contributed by atoms with Crippen LogP contribution in [-0.2, 0) is 20.4 Å². The van der Waals surface area contributed by atoms with Gasteiger partial charge in [-0.25, -0.2) is 0 Å². The summed E-state index contributed by atoms with van der Waals surface area (Å²) in [6.07, 6.45) is 2.56. The van der Waals surface area contributed by atoms with Crippen molar-refractivity contribution in [3.05, 3.63) is 97.1 Å². The molecule has 0 radical (unpaired) electrons. The third-order valence-corrected chi connectivity index (χ3v) is 25.4. The van der Waals surface area contributed by atoms with Crippen LogP contribution in [0.3, 0.4) is 0 Å². The molecule has 0 bridgehead atoms. The van der Waals surface area contributed by atoms with E-state index in [1.807, 2.05) is 15.4 Å². The monoisotopic (exact) mass is 548 g/mol. The molecule has 2 aromatic rings. The van der Waals surface area contributed by atoms with Gasteiger partial charge in [-0.2, -0.15) is 0 Å². The Morgan fingerprint density at radius 3 is 2.03 bits per heavy atom. The second kappa shape index (κ2) is 10.5. The van der Waals surface area contributed by atoms with E-state index in [1.54, 1.807) is 23.3 Å². The first-order valence-corrected chi connectivity index (χ1v) is 19.3. The maximum atomic E-state index is 13.5. The molecule has 0 nitrogen and oxygen atoms in total. The topological polar surface area (TPSA) is 0 Å². The van der Waals surface area contributed by atoms with Crippen molar-refractivity contribution in [3.8, 4) is 0 Å². The first kappa shape index (κ1) is 26.5. The van der Waals surface area contributed by atoms with Gasteiger partial charge in [-0.1, -0.05) is 0 Å². The van der Waals surface area contributed by atoms with Crippen LogP contribution in [0.1, 0.15) is 48.0 Å². The molecule has 2 unspecified atom stereocenters. The normalized spacial score (nSPS) is 19.2. The largest absolute Gasteiger partial charge is 1.00 e. The van der Waals surface area contributed by atoms with E-state index in [4.69, 9.17) is 0 Å². The summed E-state index contributed by atoms with van der Waals surface area (Å²) in [5.41, 5.74) is 9.62. The van der Waals surface area contributed by atoms with Gasteiger partial charge in [0.25, 0.3) is 0 Å². The van der Waals surface area contributed by atoms with Crippen LogP contribution in [0, 0.1) is 11.7 Å². The molecule has 4 rings (SSSR count). The van der Waals surface area contributed by atoms with Gasteiger partial charge in [0.2, 0.25) is 0 Å². The van der Waals surface area contributed by atoms with E-state index in [0.29, 0.717) is 9.54 Å². The Kier molecular flexibility index (Phi) is 8.96. The number of hydrogen-bond acceptors (Lipinski definition) is 0. The maximum Gasteiger partial charge on any atom is -1.00 e. The van der Waals surface area contributed by atoms with Crippen LogP contribution < -0.4 is 24.8 Å². The second-order valence-corrected chi connectivity index (χ2v) is 26.1. The number of rotatable bonds is 3. The van der Waals surface area contributed by atoms with Gasteiger partial charge < -0.3 is 24.8 Å². The Morgan fingerprint density at radius 1 is 0.871 bits per heavy atom. The van der Waals surface area contributed by atoms with E-state index in [2.05, 4.69) is 71.1 Å². The molecule has 0 heterocycles. The molecule has 162 valence electrons. The molecular weight excluding hydrogens is 522 g/mol. The van der Waals surface area contributed by atoms with Crippen molar-refractivity contribution in [1.82, 2.24) is 0 Å². The van der Waals surface area contributed by atoms with Crippen molar-refractivity contribution in [1.29, 1.82) is 0 Å². The average Bonchev–Trinajstić information content (AvgIpc) is 3.17. The summed E-state index contributed by atoms with van der Waals surface area (Å²) in [6, 6.07) is 16.0. The van der Waals surface area contributed by atoms with Crippen LogP contribution in [0.25, 0.3) is 5.57 Å². The van der Waals surface area contributed by atoms with Gasteiger partial charge in [0, 0.05) is 0 Å². The molecule has 2 aliphatic carbocycles. The van der Waals surface area contributed by atoms with Crippen LogP contribution in [0.2, 0.25) is 13.1 Å². The van der Waals surface area contributed by atoms with Crippen LogP contribution in [0.5, 0.6) is 0 Å². The molecule has 0 spiro atoms. The molecule has 2 aliphatic rings. The van der Waals surface area contributed by atoms with Crippen LogP contribution in [0.4, 0.5) is 4.39 Å². The van der Waals surface area contributed by atoms with Gasteiger partial charge >= 0.3 is 183 Å². The van der Waals surface area contributed by atoms with Crippen molar-refractivity contribution < 1.29 is 49.6 Å². The summed E-state index contributed by atoms with van der Waals surface area (Å²) in [4.78, 5) is 0. The summed E-state index contributed by atoms with van der Waals surface area (Å²) >= 11 is -1.97. The smallest absolute Gasteiger partial charge is 1.00 e. The Hall–Kier alpha value is -0.730. The van der Waals surface area contributed by atoms with Gasteiger partial charge in [0.05, 0.1) is 0 Å². The minimum Gasteiger partial charge on any atom is -1.00 e. The number of halogens is 3. The van der Waals surface area contributed by atoms with Gasteiger partial charge in [0.15, 0.2) is 0 Å². The predicted octanol–water partition coefficient (Wildman–Crippen LogP) is 1.45. The summed E-state index contributed by atoms with van der Waals surface area (Å²) in [6.45, 7) is 14.5. The molecule has 0 saturated carbocycles. The molecule has 0 N–H and O–H groups in total. The molecule has 0 saturated heterocycles. The van der Waals surface area contributed by atoms with Crippen molar-refractivity contribution in [3.63, 3.8) is 0 Å². The van der Waals surface area contributed by atoms with E-state index in [9.17, 15) is 4.39 Å². The minimum atomic E-state index is -1.97. The number of hydrogen-bond donors (Lipinski definition) is 0. The van der Waals surface area contributed by atoms with E-state index >= 15 is 0 Å². The molecular formula is C26H29Cl2FSiZr. The van der Waals surface area contributed by atoms with Crippen LogP contribution >= 0.6 is 0 Å². The van der Waals surface area contributed by atoms with Gasteiger partial charge in [0.1, 0.15) is 0 Å². The van der Waals surface area contributed by atoms with Crippen molar-refractivity contribution in [2.24, 2.45) is 5.92 Å². The molecule has 0 aliphatic heterocycles. The third-order valence-electron chi connectivity index (χ3n) is 6.85. The fourth-order valence-corrected chi connectivity index (χ4v) is 24.7. The zero-order chi connectivity index (χ0) is 20.9. The Balaban J connectivity index is 0.00000171. The first-order valence-electron chi connectivity index (χ1n) is 10.4. The average molecular weight is 551 g/mol. The van der Waals surface area contributed by atoms with Crippen molar-refractivity contribution >= 4 is 11.0 Å². The molecule has 5 heteroatoms. The van der Waals surface area contributed by atoms with E-state index in [1.165, 1.54) is 22.3 Å². The Bertz CT molecular complexity index is 1120. The Morgan fingerprint density at radius 2 is 1.48 bits per heavy atom. The van der Waals surface area contributed by atoms with Gasteiger partial charge in [-0.05, 0) is 0 Å². The summed E-state index contributed by atoms with van der Waals surface area (Å²) < 4.78 is 16.0. The zero-order valence-corrected chi connectivity index (χ0v) is 24.0. The second-order valence-electron chi connectivity index (χ2n) is 8.63. The Labute approximate surface area is 206 Å². The minimum absolute atomic E-state index is 0. The zero-order valence-electron chi connectivity index (χ0n) is 19.0. The molecule has 31 heavy (non-hydrogen) atoms. The molecule has 2 aromatic carbocycles. The standard InChI is InChI=1S/C15H10F.C9H13.C2H6Si.2ClH.Zr/c16-13-8-5-12(6-9-13)15-10-7-11-3-1-2-4-14(11)15;1-6-5-7(2)9(4)8(6)3;1-3-2;;;/h1-10H;6H,1-4H3;1-2H3;2*1H;/q;;;;;+2/p-2. The van der Waals surface area contributed by atoms with Crippen molar-refractivity contribution in [2.75, 3.05) is 0 Å². The first-order chi connectivity index (χ1) is 13.8. The molecule has 0 fully saturated rings. The van der Waals surface area contributed by atoms with Gasteiger partial charge in [-0.15, -0.1) is 0 Å². The summed E-state index contributed by atoms with van der Waals surface area (Å²) in [7, 11) is 0. The molecule has 0 aromatic heterocycles. The summed E-state index contributed by atoms with van der Waals surface area (Å²) in [5.74, 6) is 0.443. The fourth-order valence-electron chi connectivity index (χ4n) is 5.03.